The number of methoxy groups -OCH3 is 1. The van der Waals surface area contributed by atoms with Crippen molar-refractivity contribution in [1.82, 2.24) is 10.3 Å². The first kappa shape index (κ1) is 24.8. The Bertz CT molecular complexity index is 1350. The molecule has 0 amide bonds. The number of nitrogens with one attached hydrogen (secondary N) is 1. The van der Waals surface area contributed by atoms with Crippen LogP contribution in [0.25, 0.3) is 11.3 Å². The van der Waals surface area contributed by atoms with Crippen molar-refractivity contribution < 1.29 is 13.9 Å². The fourth-order valence-electron chi connectivity index (χ4n) is 4.19. The van der Waals surface area contributed by atoms with Gasteiger partial charge in [0.25, 0.3) is 0 Å². The van der Waals surface area contributed by atoms with Gasteiger partial charge >= 0.3 is 0 Å². The number of hydrogen-bond acceptors (Lipinski definition) is 5. The SMILES string of the molecule is COCCOc1ccc(N2C(=S)N[C@@H](c3ccccn3)[C@H]2c2ccc(-c3ccc(Br)cc3)o2)cc1Cl. The first-order valence-electron chi connectivity index (χ1n) is 11.3. The predicted octanol–water partition coefficient (Wildman–Crippen LogP) is 6.96. The first-order chi connectivity index (χ1) is 17.5. The minimum atomic E-state index is -0.284. The summed E-state index contributed by atoms with van der Waals surface area (Å²) in [6, 6.07) is 22.9. The van der Waals surface area contributed by atoms with E-state index in [1.807, 2.05) is 77.7 Å². The second kappa shape index (κ2) is 11.0. The quantitative estimate of drug-likeness (QED) is 0.177. The maximum absolute atomic E-state index is 6.58. The van der Waals surface area contributed by atoms with Gasteiger partial charge in [0.2, 0.25) is 0 Å². The molecule has 2 aromatic heterocycles. The summed E-state index contributed by atoms with van der Waals surface area (Å²) in [5, 5.41) is 4.48. The number of benzene rings is 2. The molecule has 4 aromatic rings. The van der Waals surface area contributed by atoms with Crippen LogP contribution in [0.1, 0.15) is 23.5 Å². The van der Waals surface area contributed by atoms with Gasteiger partial charge in [0.1, 0.15) is 29.9 Å². The van der Waals surface area contributed by atoms with Gasteiger partial charge in [-0.05, 0) is 66.8 Å². The minimum Gasteiger partial charge on any atom is -0.490 e. The van der Waals surface area contributed by atoms with E-state index in [0.717, 1.165) is 32.9 Å². The molecule has 1 fully saturated rings. The minimum absolute atomic E-state index is 0.223. The fraction of sp³-hybridized carbons (Fsp3) is 0.185. The van der Waals surface area contributed by atoms with Crippen LogP contribution in [-0.4, -0.2) is 30.4 Å². The molecule has 1 aliphatic heterocycles. The zero-order chi connectivity index (χ0) is 25.1. The molecular weight excluding hydrogens is 562 g/mol. The lowest BCUT2D eigenvalue weighted by atomic mass is 10.0. The van der Waals surface area contributed by atoms with Crippen LogP contribution >= 0.6 is 39.7 Å². The Morgan fingerprint density at radius 3 is 2.64 bits per heavy atom. The molecule has 1 aliphatic rings. The zero-order valence-corrected chi connectivity index (χ0v) is 22.5. The monoisotopic (exact) mass is 583 g/mol. The molecule has 9 heteroatoms. The summed E-state index contributed by atoms with van der Waals surface area (Å²) in [7, 11) is 1.63. The molecule has 0 bridgehead atoms. The summed E-state index contributed by atoms with van der Waals surface area (Å²) in [6.07, 6.45) is 1.78. The largest absolute Gasteiger partial charge is 0.490 e. The van der Waals surface area contributed by atoms with Crippen LogP contribution in [0.5, 0.6) is 5.75 Å². The Morgan fingerprint density at radius 2 is 1.92 bits per heavy atom. The number of nitrogens with zero attached hydrogens (tertiary/aromatic N) is 2. The molecule has 6 nitrogen and oxygen atoms in total. The van der Waals surface area contributed by atoms with Gasteiger partial charge in [0.05, 0.1) is 23.4 Å². The number of pyridine rings is 1. The Labute approximate surface area is 228 Å². The molecule has 0 unspecified atom stereocenters. The molecule has 3 heterocycles. The maximum Gasteiger partial charge on any atom is 0.174 e. The van der Waals surface area contributed by atoms with Gasteiger partial charge in [-0.1, -0.05) is 45.7 Å². The van der Waals surface area contributed by atoms with Gasteiger partial charge in [-0.25, -0.2) is 0 Å². The normalized spacial score (nSPS) is 17.3. The number of ether oxygens (including phenoxy) is 2. The average Bonchev–Trinajstić information content (AvgIpc) is 3.51. The molecule has 2 atom stereocenters. The summed E-state index contributed by atoms with van der Waals surface area (Å²) in [5.74, 6) is 2.12. The number of anilines is 1. The number of rotatable bonds is 8. The molecule has 0 saturated carbocycles. The van der Waals surface area contributed by atoms with E-state index in [4.69, 9.17) is 37.7 Å². The summed E-state index contributed by atoms with van der Waals surface area (Å²) >= 11 is 15.9. The Balaban J connectivity index is 1.52. The van der Waals surface area contributed by atoms with Gasteiger partial charge < -0.3 is 24.1 Å². The van der Waals surface area contributed by atoms with Gasteiger partial charge in [0, 0.05) is 29.0 Å². The van der Waals surface area contributed by atoms with Gasteiger partial charge in [-0.15, -0.1) is 0 Å². The van der Waals surface area contributed by atoms with E-state index in [1.54, 1.807) is 13.3 Å². The second-order valence-electron chi connectivity index (χ2n) is 8.16. The molecule has 5 rings (SSSR count). The van der Waals surface area contributed by atoms with Crippen LogP contribution in [0, 0.1) is 0 Å². The summed E-state index contributed by atoms with van der Waals surface area (Å²) in [4.78, 5) is 6.61. The van der Waals surface area contributed by atoms with Crippen LogP contribution in [0.4, 0.5) is 5.69 Å². The average molecular weight is 585 g/mol. The smallest absolute Gasteiger partial charge is 0.174 e. The van der Waals surface area contributed by atoms with Crippen molar-refractivity contribution >= 4 is 50.5 Å². The van der Waals surface area contributed by atoms with E-state index >= 15 is 0 Å². The lowest BCUT2D eigenvalue weighted by Crippen LogP contribution is -2.29. The number of thiocarbonyl (C=S) groups is 1. The second-order valence-corrected chi connectivity index (χ2v) is 9.87. The third-order valence-corrected chi connectivity index (χ3v) is 7.02. The van der Waals surface area contributed by atoms with Crippen molar-refractivity contribution in [2.45, 2.75) is 12.1 Å². The fourth-order valence-corrected chi connectivity index (χ4v) is 5.03. The highest BCUT2D eigenvalue weighted by Crippen LogP contribution is 2.44. The van der Waals surface area contributed by atoms with Crippen molar-refractivity contribution in [2.75, 3.05) is 25.2 Å². The van der Waals surface area contributed by atoms with E-state index in [-0.39, 0.29) is 12.1 Å². The first-order valence-corrected chi connectivity index (χ1v) is 12.9. The van der Waals surface area contributed by atoms with Gasteiger partial charge in [0.15, 0.2) is 5.11 Å². The molecule has 0 radical (unpaired) electrons. The van der Waals surface area contributed by atoms with Crippen molar-refractivity contribution in [3.8, 4) is 17.1 Å². The van der Waals surface area contributed by atoms with E-state index < -0.39 is 0 Å². The highest BCUT2D eigenvalue weighted by molar-refractivity contribution is 9.10. The molecule has 184 valence electrons. The van der Waals surface area contributed by atoms with E-state index in [1.165, 1.54) is 0 Å². The Hall–Kier alpha value is -2.91. The predicted molar refractivity (Wildman–Crippen MR) is 149 cm³/mol. The van der Waals surface area contributed by atoms with Crippen LogP contribution in [0.2, 0.25) is 5.02 Å². The molecule has 36 heavy (non-hydrogen) atoms. The molecule has 1 N–H and O–H groups in total. The van der Waals surface area contributed by atoms with Crippen molar-refractivity contribution in [2.24, 2.45) is 0 Å². The van der Waals surface area contributed by atoms with Crippen molar-refractivity contribution in [1.29, 1.82) is 0 Å². The number of halogens is 2. The Morgan fingerprint density at radius 1 is 1.08 bits per heavy atom. The lowest BCUT2D eigenvalue weighted by molar-refractivity contribution is 0.146. The van der Waals surface area contributed by atoms with Gasteiger partial charge in [-0.3, -0.25) is 4.98 Å². The number of aromatic nitrogens is 1. The van der Waals surface area contributed by atoms with E-state index in [2.05, 4.69) is 26.2 Å². The topological polar surface area (TPSA) is 59.8 Å². The van der Waals surface area contributed by atoms with Crippen molar-refractivity contribution in [3.63, 3.8) is 0 Å². The standard InChI is InChI=1S/C27H23BrClN3O3S/c1-33-14-15-34-23-10-9-19(16-20(23)29)32-26(25(31-27(32)36)21-4-2-3-13-30-21)24-12-11-22(35-24)17-5-7-18(28)8-6-17/h2-13,16,25-26H,14-15H2,1H3,(H,31,36)/t25-,26+/m0/s1. The maximum atomic E-state index is 6.58. The number of hydrogen-bond donors (Lipinski definition) is 1. The zero-order valence-electron chi connectivity index (χ0n) is 19.4. The third-order valence-electron chi connectivity index (χ3n) is 5.88. The van der Waals surface area contributed by atoms with Gasteiger partial charge in [-0.2, -0.15) is 0 Å². The van der Waals surface area contributed by atoms with Crippen LogP contribution in [-0.2, 0) is 4.74 Å². The highest BCUT2D eigenvalue weighted by atomic mass is 79.9. The Kier molecular flexibility index (Phi) is 7.57. The highest BCUT2D eigenvalue weighted by Gasteiger charge is 2.42. The van der Waals surface area contributed by atoms with Crippen molar-refractivity contribution in [3.05, 3.63) is 99.9 Å². The lowest BCUT2D eigenvalue weighted by Gasteiger charge is -2.26. The van der Waals surface area contributed by atoms with E-state index in [9.17, 15) is 0 Å². The molecule has 0 aliphatic carbocycles. The van der Waals surface area contributed by atoms with Crippen LogP contribution in [0.3, 0.4) is 0 Å². The molecular formula is C27H23BrClN3O3S. The molecule has 1 saturated heterocycles. The number of furan rings is 1. The summed E-state index contributed by atoms with van der Waals surface area (Å²) < 4.78 is 18.2. The van der Waals surface area contributed by atoms with Crippen LogP contribution in [0.15, 0.2) is 87.9 Å². The van der Waals surface area contributed by atoms with Crippen LogP contribution < -0.4 is 15.0 Å². The third kappa shape index (κ3) is 5.13. The molecule has 0 spiro atoms. The summed E-state index contributed by atoms with van der Waals surface area (Å²) in [5.41, 5.74) is 2.67. The van der Waals surface area contributed by atoms with E-state index in [0.29, 0.717) is 29.1 Å². The summed E-state index contributed by atoms with van der Waals surface area (Å²) in [6.45, 7) is 0.889. The molecule has 2 aromatic carbocycles.